The number of carbonyl (C=O) groups excluding carboxylic acids is 3. The Kier molecular flexibility index (Phi) is 9.25. The quantitative estimate of drug-likeness (QED) is 0.426. The molecule has 0 unspecified atom stereocenters. The molecule has 0 saturated carbocycles. The Morgan fingerprint density at radius 1 is 1.10 bits per heavy atom. The van der Waals surface area contributed by atoms with Crippen molar-refractivity contribution >= 4 is 17.9 Å². The smallest absolute Gasteiger partial charge is 0.331 e. The minimum absolute atomic E-state index is 0.140. The van der Waals surface area contributed by atoms with Crippen molar-refractivity contribution in [2.24, 2.45) is 5.73 Å². The number of amides is 3. The molecule has 0 radical (unpaired) electrons. The summed E-state index contributed by atoms with van der Waals surface area (Å²) in [5.74, 6) is -1.43. The molecule has 0 bridgehead atoms. The van der Waals surface area contributed by atoms with Gasteiger partial charge in [-0.1, -0.05) is 17.2 Å². The zero-order valence-electron chi connectivity index (χ0n) is 12.6. The summed E-state index contributed by atoms with van der Waals surface area (Å²) in [6, 6.07) is -0.979. The van der Waals surface area contributed by atoms with Crippen LogP contribution >= 0.6 is 0 Å². The zero-order chi connectivity index (χ0) is 16.3. The maximum absolute atomic E-state index is 11.3. The van der Waals surface area contributed by atoms with Crippen molar-refractivity contribution in [3.8, 4) is 0 Å². The van der Waals surface area contributed by atoms with E-state index >= 15 is 0 Å². The maximum Gasteiger partial charge on any atom is 0.331 e. The molecule has 0 saturated heterocycles. The molecule has 0 aliphatic rings. The normalized spacial score (nSPS) is 11.1. The highest BCUT2D eigenvalue weighted by atomic mass is 16.5. The SMILES string of the molecule is CC(C)=CCC/C(C)=C\COC(=O)/C=C\C(=O)NC(N)=O. The molecule has 0 atom stereocenters. The minimum Gasteiger partial charge on any atom is -0.458 e. The van der Waals surface area contributed by atoms with Crippen LogP contribution in [0.3, 0.4) is 0 Å². The summed E-state index contributed by atoms with van der Waals surface area (Å²) in [5, 5.41) is 1.79. The van der Waals surface area contributed by atoms with E-state index in [4.69, 9.17) is 10.5 Å². The van der Waals surface area contributed by atoms with Crippen molar-refractivity contribution in [3.05, 3.63) is 35.5 Å². The van der Waals surface area contributed by atoms with Crippen LogP contribution in [0, 0.1) is 0 Å². The number of hydrogen-bond acceptors (Lipinski definition) is 4. The average molecular weight is 294 g/mol. The fourth-order valence-corrected chi connectivity index (χ4v) is 1.31. The number of hydrogen-bond donors (Lipinski definition) is 2. The number of allylic oxidation sites excluding steroid dienone is 3. The average Bonchev–Trinajstić information content (AvgIpc) is 2.35. The first-order valence-corrected chi connectivity index (χ1v) is 6.55. The van der Waals surface area contributed by atoms with Gasteiger partial charge in [-0.05, 0) is 39.7 Å². The topological polar surface area (TPSA) is 98.5 Å². The monoisotopic (exact) mass is 294 g/mol. The van der Waals surface area contributed by atoms with Gasteiger partial charge in [-0.2, -0.15) is 0 Å². The minimum atomic E-state index is -0.979. The fourth-order valence-electron chi connectivity index (χ4n) is 1.31. The van der Waals surface area contributed by atoms with E-state index in [9.17, 15) is 14.4 Å². The lowest BCUT2D eigenvalue weighted by atomic mass is 10.1. The molecule has 6 nitrogen and oxygen atoms in total. The van der Waals surface area contributed by atoms with Gasteiger partial charge in [0.25, 0.3) is 5.91 Å². The molecule has 0 rings (SSSR count). The molecule has 0 aromatic rings. The van der Waals surface area contributed by atoms with Gasteiger partial charge >= 0.3 is 12.0 Å². The number of carbonyl (C=O) groups is 3. The molecular formula is C15H22N2O4. The molecule has 3 amide bonds. The largest absolute Gasteiger partial charge is 0.458 e. The van der Waals surface area contributed by atoms with E-state index in [1.54, 1.807) is 5.32 Å². The summed E-state index contributed by atoms with van der Waals surface area (Å²) in [7, 11) is 0. The summed E-state index contributed by atoms with van der Waals surface area (Å²) in [6.07, 6.45) is 7.63. The predicted octanol–water partition coefficient (Wildman–Crippen LogP) is 1.97. The van der Waals surface area contributed by atoms with Crippen molar-refractivity contribution in [3.63, 3.8) is 0 Å². The van der Waals surface area contributed by atoms with E-state index in [1.807, 2.05) is 26.8 Å². The highest BCUT2D eigenvalue weighted by molar-refractivity contribution is 6.02. The van der Waals surface area contributed by atoms with Crippen LogP contribution in [0.15, 0.2) is 35.5 Å². The third kappa shape index (κ3) is 12.4. The van der Waals surface area contributed by atoms with Gasteiger partial charge in [0.15, 0.2) is 0 Å². The van der Waals surface area contributed by atoms with Crippen molar-refractivity contribution in [1.29, 1.82) is 0 Å². The van der Waals surface area contributed by atoms with E-state index < -0.39 is 17.9 Å². The molecule has 0 fully saturated rings. The lowest BCUT2D eigenvalue weighted by molar-refractivity contribution is -0.136. The second kappa shape index (κ2) is 10.4. The lowest BCUT2D eigenvalue weighted by Gasteiger charge is -2.01. The third-order valence-electron chi connectivity index (χ3n) is 2.37. The molecule has 6 heteroatoms. The number of nitrogens with two attached hydrogens (primary N) is 1. The van der Waals surface area contributed by atoms with E-state index in [0.717, 1.165) is 30.6 Å². The van der Waals surface area contributed by atoms with Crippen LogP contribution in [0.4, 0.5) is 4.79 Å². The Morgan fingerprint density at radius 3 is 2.33 bits per heavy atom. The molecule has 0 spiro atoms. The Bertz CT molecular complexity index is 472. The highest BCUT2D eigenvalue weighted by Crippen LogP contribution is 2.06. The molecule has 0 aliphatic carbocycles. The van der Waals surface area contributed by atoms with Gasteiger partial charge in [-0.25, -0.2) is 9.59 Å². The van der Waals surface area contributed by atoms with Crippen molar-refractivity contribution < 1.29 is 19.1 Å². The summed E-state index contributed by atoms with van der Waals surface area (Å²) in [5.41, 5.74) is 7.13. The summed E-state index contributed by atoms with van der Waals surface area (Å²) < 4.78 is 4.88. The predicted molar refractivity (Wildman–Crippen MR) is 80.2 cm³/mol. The van der Waals surface area contributed by atoms with Gasteiger partial charge in [0.1, 0.15) is 6.61 Å². The van der Waals surface area contributed by atoms with Crippen LogP contribution < -0.4 is 11.1 Å². The Hall–Kier alpha value is -2.37. The van der Waals surface area contributed by atoms with Crippen LogP contribution in [-0.4, -0.2) is 24.5 Å². The molecule has 0 aliphatic heterocycles. The molecule has 21 heavy (non-hydrogen) atoms. The van der Waals surface area contributed by atoms with Gasteiger partial charge in [-0.15, -0.1) is 0 Å². The van der Waals surface area contributed by atoms with Crippen LogP contribution in [0.2, 0.25) is 0 Å². The number of urea groups is 1. The lowest BCUT2D eigenvalue weighted by Crippen LogP contribution is -2.33. The summed E-state index contributed by atoms with van der Waals surface area (Å²) in [6.45, 7) is 6.19. The Balaban J connectivity index is 4.02. The third-order valence-corrected chi connectivity index (χ3v) is 2.37. The number of nitrogens with one attached hydrogen (secondary N) is 1. The maximum atomic E-state index is 11.3. The Morgan fingerprint density at radius 2 is 1.76 bits per heavy atom. The Labute approximate surface area is 124 Å². The number of imide groups is 1. The first kappa shape index (κ1) is 18.6. The van der Waals surface area contributed by atoms with Crippen molar-refractivity contribution in [2.45, 2.75) is 33.6 Å². The highest BCUT2D eigenvalue weighted by Gasteiger charge is 2.01. The first-order valence-electron chi connectivity index (χ1n) is 6.55. The van der Waals surface area contributed by atoms with Crippen LogP contribution in [0.5, 0.6) is 0 Å². The number of rotatable bonds is 7. The van der Waals surface area contributed by atoms with Crippen LogP contribution in [0.25, 0.3) is 0 Å². The summed E-state index contributed by atoms with van der Waals surface area (Å²) >= 11 is 0. The van der Waals surface area contributed by atoms with Gasteiger partial charge in [0, 0.05) is 12.2 Å². The van der Waals surface area contributed by atoms with Crippen molar-refractivity contribution in [2.75, 3.05) is 6.61 Å². The molecule has 0 aromatic heterocycles. The molecule has 116 valence electrons. The van der Waals surface area contributed by atoms with Gasteiger partial charge < -0.3 is 10.5 Å². The van der Waals surface area contributed by atoms with E-state index in [1.165, 1.54) is 5.57 Å². The first-order chi connectivity index (χ1) is 9.81. The number of ether oxygens (including phenoxy) is 1. The zero-order valence-corrected chi connectivity index (χ0v) is 12.6. The van der Waals surface area contributed by atoms with E-state index in [2.05, 4.69) is 6.08 Å². The van der Waals surface area contributed by atoms with E-state index in [-0.39, 0.29) is 6.61 Å². The second-order valence-electron chi connectivity index (χ2n) is 4.69. The molecule has 0 heterocycles. The van der Waals surface area contributed by atoms with Crippen molar-refractivity contribution in [1.82, 2.24) is 5.32 Å². The molecular weight excluding hydrogens is 272 g/mol. The van der Waals surface area contributed by atoms with E-state index in [0.29, 0.717) is 0 Å². The fraction of sp³-hybridized carbons (Fsp3) is 0.400. The second-order valence-corrected chi connectivity index (χ2v) is 4.69. The molecule has 3 N–H and O–H groups in total. The van der Waals surface area contributed by atoms with Crippen LogP contribution in [-0.2, 0) is 14.3 Å². The summed E-state index contributed by atoms with van der Waals surface area (Å²) in [4.78, 5) is 32.6. The van der Waals surface area contributed by atoms with Gasteiger partial charge in [-0.3, -0.25) is 10.1 Å². The standard InChI is InChI=1S/C15H22N2O4/c1-11(2)5-4-6-12(3)9-10-21-14(19)8-7-13(18)17-15(16)20/h5,7-9H,4,6,10H2,1-3H3,(H3,16,17,18,20)/b8-7-,12-9-. The number of primary amides is 1. The van der Waals surface area contributed by atoms with Gasteiger partial charge in [0.2, 0.25) is 0 Å². The van der Waals surface area contributed by atoms with Crippen LogP contribution in [0.1, 0.15) is 33.6 Å². The molecule has 0 aromatic carbocycles. The number of esters is 1. The van der Waals surface area contributed by atoms with Gasteiger partial charge in [0.05, 0.1) is 0 Å².